The summed E-state index contributed by atoms with van der Waals surface area (Å²) in [5.41, 5.74) is 10.0. The van der Waals surface area contributed by atoms with Gasteiger partial charge >= 0.3 is 0 Å². The van der Waals surface area contributed by atoms with E-state index in [1.54, 1.807) is 6.21 Å². The highest BCUT2D eigenvalue weighted by Gasteiger charge is 2.17. The number of benzene rings is 4. The Labute approximate surface area is 226 Å². The molecule has 0 aliphatic heterocycles. The topological polar surface area (TPSA) is 72.2 Å². The highest BCUT2D eigenvalue weighted by molar-refractivity contribution is 7.99. The number of aromatic nitrogens is 3. The van der Waals surface area contributed by atoms with Crippen LogP contribution < -0.4 is 5.43 Å². The molecule has 0 aliphatic rings. The molecule has 38 heavy (non-hydrogen) atoms. The molecule has 0 saturated heterocycles. The van der Waals surface area contributed by atoms with Gasteiger partial charge in [-0.25, -0.2) is 5.43 Å². The Balaban J connectivity index is 1.25. The highest BCUT2D eigenvalue weighted by atomic mass is 32.2. The summed E-state index contributed by atoms with van der Waals surface area (Å²) in [6, 6.07) is 34.6. The zero-order valence-electron chi connectivity index (χ0n) is 21.2. The molecule has 7 heteroatoms. The monoisotopic (exact) mass is 517 g/mol. The van der Waals surface area contributed by atoms with Gasteiger partial charge in [0.1, 0.15) is 0 Å². The average Bonchev–Trinajstić information content (AvgIpc) is 3.37. The number of thioether (sulfide) groups is 1. The molecule has 5 aromatic rings. The summed E-state index contributed by atoms with van der Waals surface area (Å²) in [4.78, 5) is 12.5. The van der Waals surface area contributed by atoms with Gasteiger partial charge in [-0.05, 0) is 42.7 Å². The van der Waals surface area contributed by atoms with Crippen molar-refractivity contribution < 1.29 is 4.79 Å². The maximum Gasteiger partial charge on any atom is 0.250 e. The average molecular weight is 518 g/mol. The summed E-state index contributed by atoms with van der Waals surface area (Å²) in [5.74, 6) is 0.665. The van der Waals surface area contributed by atoms with Gasteiger partial charge in [-0.15, -0.1) is 10.2 Å². The molecular weight excluding hydrogens is 490 g/mol. The van der Waals surface area contributed by atoms with E-state index < -0.39 is 0 Å². The van der Waals surface area contributed by atoms with Crippen molar-refractivity contribution in [3.8, 4) is 28.2 Å². The maximum atomic E-state index is 12.5. The molecule has 5 rings (SSSR count). The largest absolute Gasteiger partial charge is 0.272 e. The maximum absolute atomic E-state index is 12.5. The number of hydrogen-bond acceptors (Lipinski definition) is 5. The Bertz CT molecular complexity index is 1540. The Morgan fingerprint density at radius 1 is 0.789 bits per heavy atom. The molecule has 0 saturated carbocycles. The van der Waals surface area contributed by atoms with Gasteiger partial charge in [-0.1, -0.05) is 114 Å². The smallest absolute Gasteiger partial charge is 0.250 e. The van der Waals surface area contributed by atoms with Crippen molar-refractivity contribution in [3.63, 3.8) is 0 Å². The number of hydrazone groups is 1. The Morgan fingerprint density at radius 2 is 1.39 bits per heavy atom. The molecule has 1 aromatic heterocycles. The van der Waals surface area contributed by atoms with Gasteiger partial charge in [-0.3, -0.25) is 9.36 Å². The van der Waals surface area contributed by atoms with E-state index in [0.29, 0.717) is 5.16 Å². The molecule has 188 valence electrons. The van der Waals surface area contributed by atoms with Gasteiger partial charge in [0.05, 0.1) is 12.0 Å². The van der Waals surface area contributed by atoms with Crippen LogP contribution in [0.15, 0.2) is 113 Å². The predicted molar refractivity (Wildman–Crippen MR) is 155 cm³/mol. The molecule has 1 heterocycles. The van der Waals surface area contributed by atoms with E-state index in [0.717, 1.165) is 33.8 Å². The van der Waals surface area contributed by atoms with Gasteiger partial charge in [-0.2, -0.15) is 5.10 Å². The van der Waals surface area contributed by atoms with Crippen molar-refractivity contribution in [2.75, 3.05) is 5.75 Å². The molecule has 1 amide bonds. The van der Waals surface area contributed by atoms with E-state index in [9.17, 15) is 4.79 Å². The minimum Gasteiger partial charge on any atom is -0.272 e. The Hall–Kier alpha value is -4.49. The van der Waals surface area contributed by atoms with E-state index in [2.05, 4.69) is 71.0 Å². The molecule has 4 aromatic carbocycles. The van der Waals surface area contributed by atoms with E-state index in [4.69, 9.17) is 0 Å². The van der Waals surface area contributed by atoms with Crippen LogP contribution in [-0.2, 0) is 4.79 Å². The van der Waals surface area contributed by atoms with Crippen LogP contribution in [-0.4, -0.2) is 32.6 Å². The van der Waals surface area contributed by atoms with Crippen molar-refractivity contribution in [2.24, 2.45) is 5.10 Å². The van der Waals surface area contributed by atoms with E-state index in [-0.39, 0.29) is 11.7 Å². The fraction of sp³-hybridized carbons (Fsp3) is 0.0968. The van der Waals surface area contributed by atoms with E-state index >= 15 is 0 Å². The molecule has 0 bridgehead atoms. The lowest BCUT2D eigenvalue weighted by molar-refractivity contribution is -0.118. The summed E-state index contributed by atoms with van der Waals surface area (Å²) in [6.45, 7) is 4.10. The first kappa shape index (κ1) is 25.2. The lowest BCUT2D eigenvalue weighted by Gasteiger charge is -2.11. The van der Waals surface area contributed by atoms with E-state index in [1.807, 2.05) is 71.3 Å². The van der Waals surface area contributed by atoms with Crippen LogP contribution in [0.1, 0.15) is 16.7 Å². The first-order valence-electron chi connectivity index (χ1n) is 12.3. The van der Waals surface area contributed by atoms with Crippen LogP contribution in [0.3, 0.4) is 0 Å². The zero-order chi connectivity index (χ0) is 26.3. The van der Waals surface area contributed by atoms with Crippen LogP contribution >= 0.6 is 11.8 Å². The Kier molecular flexibility index (Phi) is 7.75. The number of carbonyl (C=O) groups is 1. The lowest BCUT2D eigenvalue weighted by Crippen LogP contribution is -2.20. The lowest BCUT2D eigenvalue weighted by atomic mass is 10.0. The van der Waals surface area contributed by atoms with Crippen LogP contribution in [0, 0.1) is 13.8 Å². The normalized spacial score (nSPS) is 11.1. The van der Waals surface area contributed by atoms with Crippen molar-refractivity contribution in [1.82, 2.24) is 20.2 Å². The minimum atomic E-state index is -0.220. The van der Waals surface area contributed by atoms with Crippen LogP contribution in [0.4, 0.5) is 0 Å². The SMILES string of the molecule is Cc1ccc(-c2nnc(SCC(=O)N/N=C/c3ccc(-c4ccccc4)cc3)n2-c2ccc(C)cc2)cc1. The standard InChI is InChI=1S/C31H27N5OS/c1-22-8-14-27(15-9-22)30-34-35-31(36(30)28-18-10-23(2)11-19-28)38-21-29(37)33-32-20-24-12-16-26(17-13-24)25-6-4-3-5-7-25/h3-20H,21H2,1-2H3,(H,33,37)/b32-20+. The summed E-state index contributed by atoms with van der Waals surface area (Å²) in [5, 5.41) is 13.6. The first-order chi connectivity index (χ1) is 18.6. The van der Waals surface area contributed by atoms with Crippen molar-refractivity contribution >= 4 is 23.9 Å². The van der Waals surface area contributed by atoms with Crippen molar-refractivity contribution in [2.45, 2.75) is 19.0 Å². The van der Waals surface area contributed by atoms with Crippen LogP contribution in [0.2, 0.25) is 0 Å². The molecular formula is C31H27N5OS. The third kappa shape index (κ3) is 6.07. The highest BCUT2D eigenvalue weighted by Crippen LogP contribution is 2.28. The second-order valence-corrected chi connectivity index (χ2v) is 9.86. The number of rotatable bonds is 8. The summed E-state index contributed by atoms with van der Waals surface area (Å²) in [7, 11) is 0. The fourth-order valence-electron chi connectivity index (χ4n) is 3.91. The molecule has 0 atom stereocenters. The van der Waals surface area contributed by atoms with Gasteiger partial charge in [0, 0.05) is 11.3 Å². The Morgan fingerprint density at radius 3 is 2.08 bits per heavy atom. The zero-order valence-corrected chi connectivity index (χ0v) is 22.0. The predicted octanol–water partition coefficient (Wildman–Crippen LogP) is 6.46. The van der Waals surface area contributed by atoms with Crippen molar-refractivity contribution in [3.05, 3.63) is 120 Å². The van der Waals surface area contributed by atoms with Crippen LogP contribution in [0.5, 0.6) is 0 Å². The number of hydrogen-bond donors (Lipinski definition) is 1. The summed E-state index contributed by atoms with van der Waals surface area (Å²) in [6.07, 6.45) is 1.64. The number of nitrogens with one attached hydrogen (secondary N) is 1. The van der Waals surface area contributed by atoms with Gasteiger partial charge in [0.25, 0.3) is 5.91 Å². The molecule has 0 unspecified atom stereocenters. The summed E-state index contributed by atoms with van der Waals surface area (Å²) >= 11 is 1.32. The number of carbonyl (C=O) groups excluding carboxylic acids is 1. The third-order valence-electron chi connectivity index (χ3n) is 5.99. The van der Waals surface area contributed by atoms with Gasteiger partial charge in [0.2, 0.25) is 0 Å². The fourth-order valence-corrected chi connectivity index (χ4v) is 4.66. The van der Waals surface area contributed by atoms with Gasteiger partial charge < -0.3 is 0 Å². The molecule has 0 fully saturated rings. The minimum absolute atomic E-state index is 0.155. The molecule has 0 radical (unpaired) electrons. The number of aryl methyl sites for hydroxylation is 2. The number of amides is 1. The van der Waals surface area contributed by atoms with Gasteiger partial charge in [0.15, 0.2) is 11.0 Å². The second-order valence-electron chi connectivity index (χ2n) is 8.91. The van der Waals surface area contributed by atoms with Crippen molar-refractivity contribution in [1.29, 1.82) is 0 Å². The molecule has 0 aliphatic carbocycles. The van der Waals surface area contributed by atoms with E-state index in [1.165, 1.54) is 22.9 Å². The molecule has 1 N–H and O–H groups in total. The third-order valence-corrected chi connectivity index (χ3v) is 6.92. The second kappa shape index (κ2) is 11.7. The molecule has 6 nitrogen and oxygen atoms in total. The quantitative estimate of drug-likeness (QED) is 0.146. The van der Waals surface area contributed by atoms with Crippen LogP contribution in [0.25, 0.3) is 28.2 Å². The number of nitrogens with zero attached hydrogens (tertiary/aromatic N) is 4. The molecule has 0 spiro atoms. The summed E-state index contributed by atoms with van der Waals surface area (Å²) < 4.78 is 1.99. The first-order valence-corrected chi connectivity index (χ1v) is 13.2.